The fraction of sp³-hybridized carbons (Fsp3) is 0.304. The fourth-order valence-corrected chi connectivity index (χ4v) is 3.56. The van der Waals surface area contributed by atoms with Crippen LogP contribution in [0.25, 0.3) is 11.7 Å². The minimum Gasteiger partial charge on any atom is -0.458 e. The molecule has 1 aliphatic carbocycles. The van der Waals surface area contributed by atoms with Gasteiger partial charge in [-0.15, -0.1) is 0 Å². The third kappa shape index (κ3) is 4.79. The molecule has 0 atom stereocenters. The molecular weight excluding hydrogens is 427 g/mol. The van der Waals surface area contributed by atoms with Crippen LogP contribution in [0.15, 0.2) is 42.1 Å². The molecule has 3 heterocycles. The fourth-order valence-electron chi connectivity index (χ4n) is 3.56. The van der Waals surface area contributed by atoms with Gasteiger partial charge in [0.15, 0.2) is 5.65 Å². The Balaban J connectivity index is 1.51. The van der Waals surface area contributed by atoms with Crippen molar-refractivity contribution in [1.29, 1.82) is 0 Å². The minimum absolute atomic E-state index is 0.0268. The molecular formula is C23H23FN6O3. The molecule has 0 unspecified atom stereocenters. The molecule has 3 aromatic rings. The van der Waals surface area contributed by atoms with Gasteiger partial charge >= 0.3 is 0 Å². The number of ether oxygens (including phenoxy) is 1. The first-order chi connectivity index (χ1) is 15.7. The van der Waals surface area contributed by atoms with E-state index in [1.165, 1.54) is 13.8 Å². The molecule has 33 heavy (non-hydrogen) atoms. The summed E-state index contributed by atoms with van der Waals surface area (Å²) in [4.78, 5) is 28.2. The van der Waals surface area contributed by atoms with Gasteiger partial charge in [-0.25, -0.2) is 4.98 Å². The number of anilines is 3. The number of aromatic nitrogens is 3. The first-order valence-corrected chi connectivity index (χ1v) is 10.7. The van der Waals surface area contributed by atoms with E-state index in [4.69, 9.17) is 4.74 Å². The van der Waals surface area contributed by atoms with Crippen molar-refractivity contribution in [3.8, 4) is 5.75 Å². The molecule has 2 amide bonds. The Morgan fingerprint density at radius 2 is 2.09 bits per heavy atom. The molecule has 10 heteroatoms. The number of carbonyl (C=O) groups is 2. The molecule has 170 valence electrons. The SMILES string of the molecule is CC(C)(F)Oc1cccc(Nc2cc(NC3CC3)n3ncc(C=C4CC(=O)NC4=O)c3n2)c1. The molecule has 1 aromatic carbocycles. The van der Waals surface area contributed by atoms with Gasteiger partial charge in [0.2, 0.25) is 11.8 Å². The van der Waals surface area contributed by atoms with Gasteiger partial charge in [-0.1, -0.05) is 6.07 Å². The van der Waals surface area contributed by atoms with Crippen molar-refractivity contribution in [3.63, 3.8) is 0 Å². The maximum Gasteiger partial charge on any atom is 0.254 e. The van der Waals surface area contributed by atoms with Crippen molar-refractivity contribution in [1.82, 2.24) is 19.9 Å². The highest BCUT2D eigenvalue weighted by molar-refractivity contribution is 6.15. The van der Waals surface area contributed by atoms with Gasteiger partial charge in [-0.2, -0.15) is 14.0 Å². The van der Waals surface area contributed by atoms with E-state index in [0.29, 0.717) is 40.1 Å². The Hall–Kier alpha value is -3.95. The first kappa shape index (κ1) is 20.9. The Kier molecular flexibility index (Phi) is 4.99. The minimum atomic E-state index is -1.80. The molecule has 0 radical (unpaired) electrons. The van der Waals surface area contributed by atoms with Crippen LogP contribution in [0.2, 0.25) is 0 Å². The average molecular weight is 450 g/mol. The number of rotatable bonds is 7. The Bertz CT molecular complexity index is 1290. The van der Waals surface area contributed by atoms with Crippen LogP contribution in [0.5, 0.6) is 5.75 Å². The summed E-state index contributed by atoms with van der Waals surface area (Å²) in [6.45, 7) is 2.68. The van der Waals surface area contributed by atoms with Crippen LogP contribution in [-0.2, 0) is 9.59 Å². The number of fused-ring (bicyclic) bond motifs is 1. The predicted molar refractivity (Wildman–Crippen MR) is 121 cm³/mol. The van der Waals surface area contributed by atoms with Crippen molar-refractivity contribution in [2.24, 2.45) is 0 Å². The van der Waals surface area contributed by atoms with Crippen molar-refractivity contribution in [2.75, 3.05) is 10.6 Å². The second-order valence-electron chi connectivity index (χ2n) is 8.62. The third-order valence-electron chi connectivity index (χ3n) is 5.12. The molecule has 5 rings (SSSR count). The highest BCUT2D eigenvalue weighted by Crippen LogP contribution is 2.30. The van der Waals surface area contributed by atoms with Crippen molar-refractivity contribution < 1.29 is 18.7 Å². The number of amides is 2. The Morgan fingerprint density at radius 1 is 1.27 bits per heavy atom. The number of imide groups is 1. The molecule has 2 fully saturated rings. The molecule has 1 aliphatic heterocycles. The maximum absolute atomic E-state index is 13.9. The quantitative estimate of drug-likeness (QED) is 0.373. The van der Waals surface area contributed by atoms with E-state index >= 15 is 0 Å². The number of hydrogen-bond donors (Lipinski definition) is 3. The summed E-state index contributed by atoms with van der Waals surface area (Å²) < 4.78 is 20.9. The summed E-state index contributed by atoms with van der Waals surface area (Å²) in [5.41, 5.74) is 2.19. The largest absolute Gasteiger partial charge is 0.458 e. The molecule has 2 aromatic heterocycles. The van der Waals surface area contributed by atoms with E-state index in [2.05, 4.69) is 26.0 Å². The lowest BCUT2D eigenvalue weighted by Gasteiger charge is -2.18. The van der Waals surface area contributed by atoms with Crippen LogP contribution >= 0.6 is 0 Å². The first-order valence-electron chi connectivity index (χ1n) is 10.7. The summed E-state index contributed by atoms with van der Waals surface area (Å²) in [5, 5.41) is 13.4. The van der Waals surface area contributed by atoms with Gasteiger partial charge in [0, 0.05) is 48.8 Å². The van der Waals surface area contributed by atoms with Crippen LogP contribution < -0.4 is 20.7 Å². The van der Waals surface area contributed by atoms with Gasteiger partial charge in [0.25, 0.3) is 5.91 Å². The van der Waals surface area contributed by atoms with Crippen molar-refractivity contribution in [3.05, 3.63) is 47.7 Å². The lowest BCUT2D eigenvalue weighted by molar-refractivity contribution is -0.124. The topological polar surface area (TPSA) is 110 Å². The molecule has 9 nitrogen and oxygen atoms in total. The summed E-state index contributed by atoms with van der Waals surface area (Å²) in [5.74, 6) is -0.861. The number of nitrogens with zero attached hydrogens (tertiary/aromatic N) is 3. The molecule has 0 spiro atoms. The van der Waals surface area contributed by atoms with Crippen molar-refractivity contribution in [2.45, 2.75) is 45.0 Å². The van der Waals surface area contributed by atoms with Crippen LogP contribution in [0.1, 0.15) is 38.7 Å². The number of alkyl halides is 1. The lowest BCUT2D eigenvalue weighted by atomic mass is 10.1. The van der Waals surface area contributed by atoms with Gasteiger partial charge in [-0.3, -0.25) is 14.9 Å². The lowest BCUT2D eigenvalue weighted by Crippen LogP contribution is -2.20. The summed E-state index contributed by atoms with van der Waals surface area (Å²) in [7, 11) is 0. The molecule has 2 aliphatic rings. The van der Waals surface area contributed by atoms with Gasteiger partial charge in [0.1, 0.15) is 17.4 Å². The predicted octanol–water partition coefficient (Wildman–Crippen LogP) is 3.56. The van der Waals surface area contributed by atoms with Crippen LogP contribution in [0.3, 0.4) is 0 Å². The van der Waals surface area contributed by atoms with Crippen LogP contribution in [0.4, 0.5) is 21.7 Å². The maximum atomic E-state index is 13.9. The highest BCUT2D eigenvalue weighted by atomic mass is 19.2. The normalized spacial score (nSPS) is 17.5. The zero-order valence-electron chi connectivity index (χ0n) is 18.2. The molecule has 3 N–H and O–H groups in total. The monoisotopic (exact) mass is 450 g/mol. The van der Waals surface area contributed by atoms with E-state index in [1.807, 2.05) is 12.1 Å². The number of hydrogen-bond acceptors (Lipinski definition) is 7. The molecule has 0 bridgehead atoms. The number of nitrogens with one attached hydrogen (secondary N) is 3. The Labute approximate surface area is 189 Å². The van der Waals surface area contributed by atoms with E-state index < -0.39 is 11.8 Å². The van der Waals surface area contributed by atoms with E-state index in [1.54, 1.807) is 35.0 Å². The number of halogens is 1. The third-order valence-corrected chi connectivity index (χ3v) is 5.12. The van der Waals surface area contributed by atoms with Crippen molar-refractivity contribution >= 4 is 40.9 Å². The second kappa shape index (κ2) is 7.88. The molecule has 1 saturated heterocycles. The van der Waals surface area contributed by atoms with Crippen LogP contribution in [-0.4, -0.2) is 38.3 Å². The Morgan fingerprint density at radius 3 is 2.79 bits per heavy atom. The second-order valence-corrected chi connectivity index (χ2v) is 8.62. The molecule has 1 saturated carbocycles. The zero-order chi connectivity index (χ0) is 23.2. The van der Waals surface area contributed by atoms with Crippen LogP contribution in [0, 0.1) is 0 Å². The van der Waals surface area contributed by atoms with E-state index in [9.17, 15) is 14.0 Å². The summed E-state index contributed by atoms with van der Waals surface area (Å²) in [6.07, 6.45) is 5.43. The van der Waals surface area contributed by atoms with E-state index in [0.717, 1.165) is 18.7 Å². The number of benzene rings is 1. The van der Waals surface area contributed by atoms with Gasteiger partial charge < -0.3 is 15.4 Å². The van der Waals surface area contributed by atoms with E-state index in [-0.39, 0.29) is 12.3 Å². The smallest absolute Gasteiger partial charge is 0.254 e. The zero-order valence-corrected chi connectivity index (χ0v) is 18.2. The summed E-state index contributed by atoms with van der Waals surface area (Å²) >= 11 is 0. The van der Waals surface area contributed by atoms with Gasteiger partial charge in [0.05, 0.1) is 12.6 Å². The van der Waals surface area contributed by atoms with Gasteiger partial charge in [-0.05, 0) is 31.1 Å². The summed E-state index contributed by atoms with van der Waals surface area (Å²) in [6, 6.07) is 9.17. The highest BCUT2D eigenvalue weighted by Gasteiger charge is 2.26. The standard InChI is InChI=1S/C23H23FN6O3/c1-23(2,24)33-17-5-3-4-16(10-17)26-18-11-19(27-15-6-7-15)30-21(28-18)14(12-25-30)8-13-9-20(31)29-22(13)32/h3-5,8,10-12,15,27H,6-7,9H2,1-2H3,(H,26,28)(H,29,31,32). The average Bonchev–Trinajstić information content (AvgIpc) is 3.36. The number of carbonyl (C=O) groups excluding carboxylic acids is 2.